The Hall–Kier alpha value is -3.72. The average molecular weight is 512 g/mol. The van der Waals surface area contributed by atoms with Crippen LogP contribution in [0, 0.1) is 0 Å². The van der Waals surface area contributed by atoms with E-state index < -0.39 is 0 Å². The van der Waals surface area contributed by atoms with E-state index in [2.05, 4.69) is 44.8 Å². The van der Waals surface area contributed by atoms with Crippen LogP contribution in [0.2, 0.25) is 0 Å². The largest absolute Gasteiger partial charge is 0.388 e. The quantitative estimate of drug-likeness (QED) is 0.250. The summed E-state index contributed by atoms with van der Waals surface area (Å²) in [7, 11) is 1.93. The summed E-state index contributed by atoms with van der Waals surface area (Å²) in [6.07, 6.45) is 12.9. The molecule has 4 aromatic rings. The molecular formula is C29H37N9. The van der Waals surface area contributed by atoms with E-state index in [0.717, 1.165) is 65.2 Å². The summed E-state index contributed by atoms with van der Waals surface area (Å²) in [5.41, 5.74) is 12.0. The van der Waals surface area contributed by atoms with Crippen LogP contribution in [0.3, 0.4) is 0 Å². The SMILES string of the molecule is CNc1ccccc1-c1ccc(CNc2nc(NC3CCC(N)CC3)nc3c2ncn3C2CCCC2)cn1. The summed E-state index contributed by atoms with van der Waals surface area (Å²) in [6.45, 7) is 0.598. The number of rotatable bonds is 8. The third kappa shape index (κ3) is 5.15. The van der Waals surface area contributed by atoms with E-state index in [9.17, 15) is 0 Å². The molecule has 9 heteroatoms. The topological polar surface area (TPSA) is 119 Å². The average Bonchev–Trinajstić information content (AvgIpc) is 3.64. The third-order valence-corrected chi connectivity index (χ3v) is 8.00. The molecule has 198 valence electrons. The zero-order valence-electron chi connectivity index (χ0n) is 22.0. The van der Waals surface area contributed by atoms with Crippen molar-refractivity contribution in [3.63, 3.8) is 0 Å². The molecule has 3 heterocycles. The van der Waals surface area contributed by atoms with Gasteiger partial charge in [0, 0.05) is 49.2 Å². The fourth-order valence-corrected chi connectivity index (χ4v) is 5.80. The van der Waals surface area contributed by atoms with Crippen molar-refractivity contribution in [1.82, 2.24) is 24.5 Å². The van der Waals surface area contributed by atoms with E-state index >= 15 is 0 Å². The Bertz CT molecular complexity index is 1370. The van der Waals surface area contributed by atoms with Gasteiger partial charge in [-0.2, -0.15) is 9.97 Å². The van der Waals surface area contributed by atoms with Crippen LogP contribution in [0.15, 0.2) is 48.9 Å². The van der Waals surface area contributed by atoms with Gasteiger partial charge in [0.1, 0.15) is 0 Å². The van der Waals surface area contributed by atoms with Crippen molar-refractivity contribution in [3.8, 4) is 11.3 Å². The highest BCUT2D eigenvalue weighted by Crippen LogP contribution is 2.33. The van der Waals surface area contributed by atoms with E-state index in [1.807, 2.05) is 31.7 Å². The van der Waals surface area contributed by atoms with E-state index in [1.54, 1.807) is 0 Å². The second-order valence-electron chi connectivity index (χ2n) is 10.6. The van der Waals surface area contributed by atoms with Gasteiger partial charge < -0.3 is 26.3 Å². The summed E-state index contributed by atoms with van der Waals surface area (Å²) >= 11 is 0. The summed E-state index contributed by atoms with van der Waals surface area (Å²) in [5, 5.41) is 10.4. The molecule has 38 heavy (non-hydrogen) atoms. The number of anilines is 3. The van der Waals surface area contributed by atoms with Crippen LogP contribution in [0.5, 0.6) is 0 Å². The second-order valence-corrected chi connectivity index (χ2v) is 10.6. The molecule has 0 atom stereocenters. The smallest absolute Gasteiger partial charge is 0.227 e. The highest BCUT2D eigenvalue weighted by molar-refractivity contribution is 5.84. The van der Waals surface area contributed by atoms with Gasteiger partial charge >= 0.3 is 0 Å². The maximum atomic E-state index is 6.13. The van der Waals surface area contributed by atoms with Crippen molar-refractivity contribution in [1.29, 1.82) is 0 Å². The van der Waals surface area contributed by atoms with Crippen LogP contribution in [-0.2, 0) is 6.54 Å². The minimum absolute atomic E-state index is 0.309. The van der Waals surface area contributed by atoms with Gasteiger partial charge in [-0.15, -0.1) is 0 Å². The molecule has 0 spiro atoms. The van der Waals surface area contributed by atoms with Crippen molar-refractivity contribution in [3.05, 3.63) is 54.5 Å². The van der Waals surface area contributed by atoms with Crippen LogP contribution >= 0.6 is 0 Å². The molecular weight excluding hydrogens is 474 g/mol. The molecule has 0 bridgehead atoms. The maximum Gasteiger partial charge on any atom is 0.227 e. The number of para-hydroxylation sites is 1. The van der Waals surface area contributed by atoms with E-state index in [4.69, 9.17) is 25.7 Å². The number of nitrogens with one attached hydrogen (secondary N) is 3. The minimum Gasteiger partial charge on any atom is -0.388 e. The summed E-state index contributed by atoms with van der Waals surface area (Å²) < 4.78 is 2.26. The highest BCUT2D eigenvalue weighted by atomic mass is 15.2. The fraction of sp³-hybridized carbons (Fsp3) is 0.448. The molecule has 5 N–H and O–H groups in total. The Balaban J connectivity index is 1.24. The van der Waals surface area contributed by atoms with Gasteiger partial charge in [0.2, 0.25) is 5.95 Å². The van der Waals surface area contributed by atoms with Crippen LogP contribution < -0.4 is 21.7 Å². The highest BCUT2D eigenvalue weighted by Gasteiger charge is 2.24. The molecule has 0 saturated heterocycles. The molecule has 0 aliphatic heterocycles. The molecule has 2 aliphatic carbocycles. The van der Waals surface area contributed by atoms with Gasteiger partial charge in [0.15, 0.2) is 17.0 Å². The van der Waals surface area contributed by atoms with Crippen molar-refractivity contribution >= 4 is 28.6 Å². The van der Waals surface area contributed by atoms with Gasteiger partial charge in [-0.1, -0.05) is 37.1 Å². The van der Waals surface area contributed by atoms with E-state index in [-0.39, 0.29) is 0 Å². The number of pyridine rings is 1. The number of hydrogen-bond donors (Lipinski definition) is 4. The Kier molecular flexibility index (Phi) is 7.09. The number of fused-ring (bicyclic) bond motifs is 1. The summed E-state index contributed by atoms with van der Waals surface area (Å²) in [6, 6.07) is 13.5. The number of imidazole rings is 1. The van der Waals surface area contributed by atoms with E-state index in [1.165, 1.54) is 25.7 Å². The number of nitrogens with zero attached hydrogens (tertiary/aromatic N) is 5. The van der Waals surface area contributed by atoms with Crippen LogP contribution in [-0.4, -0.2) is 43.6 Å². The molecule has 0 unspecified atom stereocenters. The van der Waals surface area contributed by atoms with Gasteiger partial charge in [-0.25, -0.2) is 4.98 Å². The van der Waals surface area contributed by atoms with Crippen LogP contribution in [0.1, 0.15) is 63.0 Å². The lowest BCUT2D eigenvalue weighted by Gasteiger charge is -2.27. The van der Waals surface area contributed by atoms with Gasteiger partial charge in [-0.05, 0) is 56.2 Å². The lowest BCUT2D eigenvalue weighted by molar-refractivity contribution is 0.410. The number of hydrogen-bond acceptors (Lipinski definition) is 8. The predicted octanol–water partition coefficient (Wildman–Crippen LogP) is 5.34. The van der Waals surface area contributed by atoms with Crippen molar-refractivity contribution < 1.29 is 0 Å². The molecule has 0 amide bonds. The Morgan fingerprint density at radius 1 is 0.947 bits per heavy atom. The first kappa shape index (κ1) is 24.6. The lowest BCUT2D eigenvalue weighted by atomic mass is 9.92. The molecule has 2 fully saturated rings. The van der Waals surface area contributed by atoms with Crippen LogP contribution in [0.25, 0.3) is 22.4 Å². The zero-order chi connectivity index (χ0) is 25.9. The summed E-state index contributed by atoms with van der Waals surface area (Å²) in [4.78, 5) is 19.3. The Morgan fingerprint density at radius 2 is 1.76 bits per heavy atom. The lowest BCUT2D eigenvalue weighted by Crippen LogP contribution is -2.33. The molecule has 1 aromatic carbocycles. The number of aromatic nitrogens is 5. The first-order valence-electron chi connectivity index (χ1n) is 13.9. The third-order valence-electron chi connectivity index (χ3n) is 8.00. The Labute approximate surface area is 223 Å². The zero-order valence-corrected chi connectivity index (χ0v) is 22.0. The van der Waals surface area contributed by atoms with Gasteiger partial charge in [-0.3, -0.25) is 4.98 Å². The minimum atomic E-state index is 0.309. The summed E-state index contributed by atoms with van der Waals surface area (Å²) in [5.74, 6) is 1.42. The standard InChI is InChI=1S/C29H37N9/c1-31-24-9-5-4-8-23(24)25-15-10-19(16-32-25)17-33-27-26-28(38(18-34-26)22-6-2-3-7-22)37-29(36-27)35-21-13-11-20(30)12-14-21/h4-5,8-10,15-16,18,20-22,31H,2-3,6-7,11-14,17,30H2,1H3,(H2,33,35,36,37). The van der Waals surface area contributed by atoms with E-state index in [0.29, 0.717) is 30.6 Å². The molecule has 9 nitrogen and oxygen atoms in total. The molecule has 6 rings (SSSR count). The maximum absolute atomic E-state index is 6.13. The predicted molar refractivity (Wildman–Crippen MR) is 153 cm³/mol. The molecule has 2 aliphatic rings. The first-order valence-corrected chi connectivity index (χ1v) is 13.9. The molecule has 2 saturated carbocycles. The monoisotopic (exact) mass is 511 g/mol. The van der Waals surface area contributed by atoms with Gasteiger partial charge in [0.05, 0.1) is 12.0 Å². The van der Waals surface area contributed by atoms with Gasteiger partial charge in [0.25, 0.3) is 0 Å². The van der Waals surface area contributed by atoms with Crippen LogP contribution in [0.4, 0.5) is 17.5 Å². The molecule has 0 radical (unpaired) electrons. The number of benzene rings is 1. The first-order chi connectivity index (χ1) is 18.7. The molecule has 3 aromatic heterocycles. The van der Waals surface area contributed by atoms with Crippen molar-refractivity contribution in [2.24, 2.45) is 5.73 Å². The Morgan fingerprint density at radius 3 is 2.53 bits per heavy atom. The van der Waals surface area contributed by atoms with Crippen molar-refractivity contribution in [2.75, 3.05) is 23.0 Å². The normalized spacial score (nSPS) is 20.1. The number of nitrogens with two attached hydrogens (primary N) is 1. The van der Waals surface area contributed by atoms with Crippen molar-refractivity contribution in [2.45, 2.75) is 76.0 Å². The fourth-order valence-electron chi connectivity index (χ4n) is 5.80. The second kappa shape index (κ2) is 10.9.